The van der Waals surface area contributed by atoms with Crippen LogP contribution in [-0.2, 0) is 9.53 Å². The van der Waals surface area contributed by atoms with Gasteiger partial charge in [0, 0.05) is 18.3 Å². The van der Waals surface area contributed by atoms with Gasteiger partial charge in [0.2, 0.25) is 5.91 Å². The van der Waals surface area contributed by atoms with Crippen molar-refractivity contribution in [1.29, 1.82) is 0 Å². The molecule has 1 aliphatic rings. The third-order valence-electron chi connectivity index (χ3n) is 3.52. The Kier molecular flexibility index (Phi) is 5.72. The highest BCUT2D eigenvalue weighted by molar-refractivity contribution is 5.97. The molecule has 0 bridgehead atoms. The molecule has 2 rings (SSSR count). The lowest BCUT2D eigenvalue weighted by molar-refractivity contribution is -0.274. The first-order chi connectivity index (χ1) is 12.3. The minimum Gasteiger partial charge on any atom is -0.444 e. The summed E-state index contributed by atoms with van der Waals surface area (Å²) in [5, 5.41) is 2.50. The largest absolute Gasteiger partial charge is 0.573 e. The monoisotopic (exact) mass is 386 g/mol. The van der Waals surface area contributed by atoms with Gasteiger partial charge in [0.25, 0.3) is 0 Å². The van der Waals surface area contributed by atoms with Gasteiger partial charge >= 0.3 is 12.5 Å². The molecule has 148 valence electrons. The highest BCUT2D eigenvalue weighted by Crippen LogP contribution is 2.27. The molecule has 9 heteroatoms. The lowest BCUT2D eigenvalue weighted by atomic mass is 10.1. The molecule has 1 saturated heterocycles. The summed E-state index contributed by atoms with van der Waals surface area (Å²) in [5.41, 5.74) is 0.0595. The van der Waals surface area contributed by atoms with E-state index in [-0.39, 0.29) is 18.7 Å². The zero-order valence-corrected chi connectivity index (χ0v) is 15.2. The Balaban J connectivity index is 2.10. The predicted octanol–water partition coefficient (Wildman–Crippen LogP) is 4.09. The van der Waals surface area contributed by atoms with E-state index in [4.69, 9.17) is 4.74 Å². The summed E-state index contributed by atoms with van der Waals surface area (Å²) >= 11 is 0. The van der Waals surface area contributed by atoms with Crippen molar-refractivity contribution in [3.8, 4) is 5.75 Å². The summed E-state index contributed by atoms with van der Waals surface area (Å²) in [6, 6.07) is 4.04. The molecule has 0 aliphatic carbocycles. The number of benzene rings is 1. The van der Waals surface area contributed by atoms with Gasteiger partial charge in [-0.05, 0) is 39.3 Å². The maximum Gasteiger partial charge on any atom is 0.573 e. The second-order valence-corrected chi connectivity index (χ2v) is 7.14. The van der Waals surface area contributed by atoms with Crippen molar-refractivity contribution in [3.63, 3.8) is 0 Å². The van der Waals surface area contributed by atoms with E-state index in [9.17, 15) is 22.8 Å². The molecule has 1 aliphatic heterocycles. The van der Waals surface area contributed by atoms with Crippen molar-refractivity contribution in [1.82, 2.24) is 4.90 Å². The van der Waals surface area contributed by atoms with Crippen LogP contribution in [0.4, 0.5) is 23.7 Å². The molecule has 0 unspecified atom stereocenters. The SMILES string of the molecule is C=C1C[C@@H](C(=O)Nc2cccc(OC(F)(F)F)c2)N(C(=O)OC(C)(C)C)C1. The maximum atomic E-state index is 12.6. The highest BCUT2D eigenvalue weighted by atomic mass is 19.4. The number of rotatable bonds is 3. The zero-order valence-electron chi connectivity index (χ0n) is 15.2. The summed E-state index contributed by atoms with van der Waals surface area (Å²) < 4.78 is 46.1. The van der Waals surface area contributed by atoms with E-state index >= 15 is 0 Å². The van der Waals surface area contributed by atoms with Gasteiger partial charge < -0.3 is 14.8 Å². The average Bonchev–Trinajstić information content (AvgIpc) is 2.86. The standard InChI is InChI=1S/C18H21F3N2O4/c1-11-8-14(23(10-11)16(25)27-17(2,3)4)15(24)22-12-6-5-7-13(9-12)26-18(19,20)21/h5-7,9,14H,1,8,10H2,2-4H3,(H,22,24)/t14-/m0/s1. The van der Waals surface area contributed by atoms with Crippen molar-refractivity contribution >= 4 is 17.7 Å². The van der Waals surface area contributed by atoms with Gasteiger partial charge in [0.1, 0.15) is 17.4 Å². The molecule has 0 spiro atoms. The van der Waals surface area contributed by atoms with Crippen LogP contribution in [0.25, 0.3) is 0 Å². The van der Waals surface area contributed by atoms with E-state index in [0.717, 1.165) is 12.1 Å². The summed E-state index contributed by atoms with van der Waals surface area (Å²) in [6.45, 7) is 9.09. The first kappa shape index (κ1) is 20.6. The Morgan fingerprint density at radius 3 is 2.52 bits per heavy atom. The number of ether oxygens (including phenoxy) is 2. The molecule has 1 N–H and O–H groups in total. The third-order valence-corrected chi connectivity index (χ3v) is 3.52. The van der Waals surface area contributed by atoms with E-state index in [1.54, 1.807) is 20.8 Å². The van der Waals surface area contributed by atoms with Gasteiger partial charge in [-0.25, -0.2) is 4.79 Å². The lowest BCUT2D eigenvalue weighted by Crippen LogP contribution is -2.45. The average molecular weight is 386 g/mol. The molecular weight excluding hydrogens is 365 g/mol. The Hall–Kier alpha value is -2.71. The molecule has 1 heterocycles. The number of nitrogens with zero attached hydrogens (tertiary/aromatic N) is 1. The van der Waals surface area contributed by atoms with E-state index < -0.39 is 35.8 Å². The maximum absolute atomic E-state index is 12.6. The van der Waals surface area contributed by atoms with Crippen LogP contribution < -0.4 is 10.1 Å². The van der Waals surface area contributed by atoms with Crippen LogP contribution in [0.1, 0.15) is 27.2 Å². The van der Waals surface area contributed by atoms with Crippen LogP contribution in [0.3, 0.4) is 0 Å². The second kappa shape index (κ2) is 7.50. The van der Waals surface area contributed by atoms with Gasteiger partial charge in [0.05, 0.1) is 0 Å². The normalized spacial score (nSPS) is 17.6. The zero-order chi connectivity index (χ0) is 20.4. The number of carbonyl (C=O) groups excluding carboxylic acids is 2. The fourth-order valence-electron chi connectivity index (χ4n) is 2.54. The molecule has 1 atom stereocenters. The molecule has 2 amide bonds. The van der Waals surface area contributed by atoms with Crippen molar-refractivity contribution in [2.45, 2.75) is 45.2 Å². The van der Waals surface area contributed by atoms with Crippen molar-refractivity contribution in [2.24, 2.45) is 0 Å². The number of nitrogens with one attached hydrogen (secondary N) is 1. The summed E-state index contributed by atoms with van der Waals surface area (Å²) in [5.74, 6) is -1.01. The number of anilines is 1. The Labute approximate surface area is 154 Å². The van der Waals surface area contributed by atoms with E-state index in [2.05, 4.69) is 16.6 Å². The summed E-state index contributed by atoms with van der Waals surface area (Å²) in [7, 11) is 0. The first-order valence-electron chi connectivity index (χ1n) is 8.17. The van der Waals surface area contributed by atoms with Gasteiger partial charge in [-0.2, -0.15) is 0 Å². The summed E-state index contributed by atoms with van der Waals surface area (Å²) in [4.78, 5) is 26.1. The predicted molar refractivity (Wildman–Crippen MR) is 92.2 cm³/mol. The van der Waals surface area contributed by atoms with Crippen LogP contribution in [0.2, 0.25) is 0 Å². The van der Waals surface area contributed by atoms with Crippen LogP contribution in [0.5, 0.6) is 5.75 Å². The van der Waals surface area contributed by atoms with Gasteiger partial charge in [0.15, 0.2) is 0 Å². The number of hydrogen-bond donors (Lipinski definition) is 1. The minimum absolute atomic E-state index is 0.114. The number of alkyl halides is 3. The fraction of sp³-hybridized carbons (Fsp3) is 0.444. The molecule has 6 nitrogen and oxygen atoms in total. The van der Waals surface area contributed by atoms with Crippen LogP contribution in [-0.4, -0.2) is 41.5 Å². The first-order valence-corrected chi connectivity index (χ1v) is 8.17. The number of carbonyl (C=O) groups is 2. The van der Waals surface area contributed by atoms with Crippen molar-refractivity contribution in [3.05, 3.63) is 36.4 Å². The van der Waals surface area contributed by atoms with Gasteiger partial charge in [-0.15, -0.1) is 13.2 Å². The van der Waals surface area contributed by atoms with E-state index in [0.29, 0.717) is 5.57 Å². The number of amides is 2. The molecular formula is C18H21F3N2O4. The van der Waals surface area contributed by atoms with Gasteiger partial charge in [-0.3, -0.25) is 9.69 Å². The van der Waals surface area contributed by atoms with Crippen LogP contribution in [0.15, 0.2) is 36.4 Å². The van der Waals surface area contributed by atoms with Gasteiger partial charge in [-0.1, -0.05) is 18.2 Å². The van der Waals surface area contributed by atoms with Crippen molar-refractivity contribution in [2.75, 3.05) is 11.9 Å². The molecule has 27 heavy (non-hydrogen) atoms. The molecule has 0 aromatic heterocycles. The Bertz CT molecular complexity index is 741. The Morgan fingerprint density at radius 1 is 1.26 bits per heavy atom. The molecule has 0 saturated carbocycles. The molecule has 1 fully saturated rings. The fourth-order valence-corrected chi connectivity index (χ4v) is 2.54. The number of hydrogen-bond acceptors (Lipinski definition) is 4. The van der Waals surface area contributed by atoms with E-state index in [1.165, 1.54) is 17.0 Å². The molecule has 0 radical (unpaired) electrons. The topological polar surface area (TPSA) is 67.9 Å². The third kappa shape index (κ3) is 6.19. The summed E-state index contributed by atoms with van der Waals surface area (Å²) in [6.07, 6.45) is -5.25. The number of likely N-dealkylation sites (tertiary alicyclic amines) is 1. The molecule has 1 aromatic rings. The lowest BCUT2D eigenvalue weighted by Gasteiger charge is -2.27. The highest BCUT2D eigenvalue weighted by Gasteiger charge is 2.38. The second-order valence-electron chi connectivity index (χ2n) is 7.14. The van der Waals surface area contributed by atoms with E-state index in [1.807, 2.05) is 0 Å². The number of halogens is 3. The Morgan fingerprint density at radius 2 is 1.93 bits per heavy atom. The van der Waals surface area contributed by atoms with Crippen LogP contribution >= 0.6 is 0 Å². The van der Waals surface area contributed by atoms with Crippen LogP contribution in [0, 0.1) is 0 Å². The molecule has 1 aromatic carbocycles. The minimum atomic E-state index is -4.83. The van der Waals surface area contributed by atoms with Crippen molar-refractivity contribution < 1.29 is 32.2 Å². The quantitative estimate of drug-likeness (QED) is 0.795. The smallest absolute Gasteiger partial charge is 0.444 e.